The van der Waals surface area contributed by atoms with Gasteiger partial charge in [0, 0.05) is 23.2 Å². The van der Waals surface area contributed by atoms with E-state index in [0.29, 0.717) is 5.25 Å². The zero-order valence-electron chi connectivity index (χ0n) is 8.08. The molecule has 1 aromatic carbocycles. The lowest BCUT2D eigenvalue weighted by molar-refractivity contribution is 1.00. The summed E-state index contributed by atoms with van der Waals surface area (Å²) in [6.45, 7) is 3.19. The number of nitrogens with two attached hydrogens (primary N) is 1. The van der Waals surface area contributed by atoms with Crippen molar-refractivity contribution in [3.63, 3.8) is 0 Å². The van der Waals surface area contributed by atoms with Crippen LogP contribution in [0.1, 0.15) is 6.92 Å². The van der Waals surface area contributed by atoms with Crippen molar-refractivity contribution in [2.75, 3.05) is 23.9 Å². The molecule has 72 valence electrons. The van der Waals surface area contributed by atoms with Gasteiger partial charge >= 0.3 is 0 Å². The molecule has 0 aliphatic heterocycles. The first-order valence-electron chi connectivity index (χ1n) is 4.34. The molecular formula is C10H16N2S. The first-order chi connectivity index (χ1) is 6.22. The smallest absolute Gasteiger partial charge is 0.0342 e. The summed E-state index contributed by atoms with van der Waals surface area (Å²) in [5.74, 6) is 0. The molecule has 0 aliphatic rings. The fourth-order valence-electron chi connectivity index (χ4n) is 0.946. The molecule has 0 aliphatic carbocycles. The summed E-state index contributed by atoms with van der Waals surface area (Å²) in [6.07, 6.45) is 2.12. The van der Waals surface area contributed by atoms with Gasteiger partial charge in [0.2, 0.25) is 0 Å². The van der Waals surface area contributed by atoms with Gasteiger partial charge in [-0.15, -0.1) is 0 Å². The van der Waals surface area contributed by atoms with Crippen molar-refractivity contribution in [2.24, 2.45) is 0 Å². The summed E-state index contributed by atoms with van der Waals surface area (Å²) in [5, 5.41) is 3.98. The topological polar surface area (TPSA) is 38.0 Å². The van der Waals surface area contributed by atoms with Crippen LogP contribution in [-0.4, -0.2) is 18.1 Å². The molecule has 2 nitrogen and oxygen atoms in total. The van der Waals surface area contributed by atoms with Crippen LogP contribution in [0, 0.1) is 0 Å². The Kier molecular flexibility index (Phi) is 3.96. The third kappa shape index (κ3) is 3.59. The van der Waals surface area contributed by atoms with Gasteiger partial charge in [0.05, 0.1) is 0 Å². The highest BCUT2D eigenvalue weighted by Crippen LogP contribution is 2.12. The van der Waals surface area contributed by atoms with Gasteiger partial charge in [-0.1, -0.05) is 6.92 Å². The molecule has 0 saturated heterocycles. The number of thioether (sulfide) groups is 1. The number of benzene rings is 1. The second-order valence-corrected chi connectivity index (χ2v) is 4.33. The molecule has 0 amide bonds. The SMILES string of the molecule is CSC(C)CNc1ccc(N)cc1. The second-order valence-electron chi connectivity index (χ2n) is 3.05. The maximum Gasteiger partial charge on any atom is 0.0342 e. The number of hydrogen-bond donors (Lipinski definition) is 2. The largest absolute Gasteiger partial charge is 0.399 e. The molecule has 0 heterocycles. The van der Waals surface area contributed by atoms with Crippen LogP contribution < -0.4 is 11.1 Å². The molecule has 1 rings (SSSR count). The average molecular weight is 196 g/mol. The van der Waals surface area contributed by atoms with E-state index in [0.717, 1.165) is 17.9 Å². The highest BCUT2D eigenvalue weighted by molar-refractivity contribution is 7.99. The maximum absolute atomic E-state index is 5.58. The third-order valence-electron chi connectivity index (χ3n) is 1.91. The van der Waals surface area contributed by atoms with Gasteiger partial charge in [-0.25, -0.2) is 0 Å². The standard InChI is InChI=1S/C10H16N2S/c1-8(13-2)7-12-10-5-3-9(11)4-6-10/h3-6,8,12H,7,11H2,1-2H3. The van der Waals surface area contributed by atoms with Crippen LogP contribution in [-0.2, 0) is 0 Å². The van der Waals surface area contributed by atoms with Gasteiger partial charge < -0.3 is 11.1 Å². The van der Waals surface area contributed by atoms with Crippen molar-refractivity contribution in [2.45, 2.75) is 12.2 Å². The van der Waals surface area contributed by atoms with E-state index in [2.05, 4.69) is 18.5 Å². The molecule has 0 radical (unpaired) electrons. The predicted octanol–water partition coefficient (Wildman–Crippen LogP) is 2.43. The quantitative estimate of drug-likeness (QED) is 0.726. The van der Waals surface area contributed by atoms with E-state index in [-0.39, 0.29) is 0 Å². The summed E-state index contributed by atoms with van der Waals surface area (Å²) in [4.78, 5) is 0. The predicted molar refractivity (Wildman–Crippen MR) is 62.3 cm³/mol. The van der Waals surface area contributed by atoms with Crippen molar-refractivity contribution < 1.29 is 0 Å². The molecule has 0 spiro atoms. The lowest BCUT2D eigenvalue weighted by atomic mass is 10.3. The van der Waals surface area contributed by atoms with E-state index >= 15 is 0 Å². The van der Waals surface area contributed by atoms with Gasteiger partial charge in [0.15, 0.2) is 0 Å². The highest BCUT2D eigenvalue weighted by Gasteiger charge is 1.97. The van der Waals surface area contributed by atoms with Gasteiger partial charge in [-0.05, 0) is 30.5 Å². The Morgan fingerprint density at radius 3 is 2.54 bits per heavy atom. The van der Waals surface area contributed by atoms with E-state index in [1.165, 1.54) is 0 Å². The van der Waals surface area contributed by atoms with Crippen LogP contribution >= 0.6 is 11.8 Å². The van der Waals surface area contributed by atoms with Crippen molar-refractivity contribution in [1.82, 2.24) is 0 Å². The molecule has 0 saturated carbocycles. The van der Waals surface area contributed by atoms with Gasteiger partial charge in [-0.2, -0.15) is 11.8 Å². The Labute approximate surface area is 83.9 Å². The number of nitrogen functional groups attached to an aromatic ring is 1. The summed E-state index contributed by atoms with van der Waals surface area (Å²) in [5.41, 5.74) is 7.52. The minimum Gasteiger partial charge on any atom is -0.399 e. The molecule has 0 fully saturated rings. The number of anilines is 2. The van der Waals surface area contributed by atoms with Crippen LogP contribution in [0.4, 0.5) is 11.4 Å². The summed E-state index contributed by atoms with van der Waals surface area (Å²) in [6, 6.07) is 7.82. The Hall–Kier alpha value is -0.830. The lowest BCUT2D eigenvalue weighted by Gasteiger charge is -2.10. The van der Waals surface area contributed by atoms with Crippen molar-refractivity contribution in [3.05, 3.63) is 24.3 Å². The van der Waals surface area contributed by atoms with Crippen LogP contribution in [0.2, 0.25) is 0 Å². The molecule has 1 atom stereocenters. The maximum atomic E-state index is 5.58. The molecule has 13 heavy (non-hydrogen) atoms. The van der Waals surface area contributed by atoms with Gasteiger partial charge in [-0.3, -0.25) is 0 Å². The van der Waals surface area contributed by atoms with E-state index in [1.54, 1.807) is 0 Å². The molecule has 0 aromatic heterocycles. The molecular weight excluding hydrogens is 180 g/mol. The number of rotatable bonds is 4. The second kappa shape index (κ2) is 5.02. The van der Waals surface area contributed by atoms with E-state index < -0.39 is 0 Å². The zero-order valence-corrected chi connectivity index (χ0v) is 8.90. The first-order valence-corrected chi connectivity index (χ1v) is 5.63. The average Bonchev–Trinajstić information content (AvgIpc) is 2.16. The molecule has 3 N–H and O–H groups in total. The number of hydrogen-bond acceptors (Lipinski definition) is 3. The Balaban J connectivity index is 2.41. The minimum absolute atomic E-state index is 0.637. The summed E-state index contributed by atoms with van der Waals surface area (Å²) >= 11 is 1.86. The Bertz CT molecular complexity index is 246. The first kappa shape index (κ1) is 10.3. The Morgan fingerprint density at radius 1 is 1.38 bits per heavy atom. The zero-order chi connectivity index (χ0) is 9.68. The van der Waals surface area contributed by atoms with Crippen molar-refractivity contribution in [3.8, 4) is 0 Å². The van der Waals surface area contributed by atoms with Crippen LogP contribution in [0.25, 0.3) is 0 Å². The normalized spacial score (nSPS) is 12.5. The number of nitrogens with one attached hydrogen (secondary N) is 1. The fourth-order valence-corrected chi connectivity index (χ4v) is 1.20. The lowest BCUT2D eigenvalue weighted by Crippen LogP contribution is -2.12. The van der Waals surface area contributed by atoms with E-state index in [1.807, 2.05) is 36.0 Å². The minimum atomic E-state index is 0.637. The summed E-state index contributed by atoms with van der Waals surface area (Å²) < 4.78 is 0. The van der Waals surface area contributed by atoms with Crippen LogP contribution in [0.3, 0.4) is 0 Å². The van der Waals surface area contributed by atoms with Gasteiger partial charge in [0.1, 0.15) is 0 Å². The Morgan fingerprint density at radius 2 is 2.00 bits per heavy atom. The van der Waals surface area contributed by atoms with Crippen LogP contribution in [0.15, 0.2) is 24.3 Å². The highest BCUT2D eigenvalue weighted by atomic mass is 32.2. The van der Waals surface area contributed by atoms with Crippen molar-refractivity contribution in [1.29, 1.82) is 0 Å². The molecule has 1 unspecified atom stereocenters. The van der Waals surface area contributed by atoms with Crippen LogP contribution in [0.5, 0.6) is 0 Å². The molecule has 3 heteroatoms. The molecule has 0 bridgehead atoms. The van der Waals surface area contributed by atoms with E-state index in [9.17, 15) is 0 Å². The summed E-state index contributed by atoms with van der Waals surface area (Å²) in [7, 11) is 0. The third-order valence-corrected chi connectivity index (χ3v) is 2.88. The van der Waals surface area contributed by atoms with Crippen molar-refractivity contribution >= 4 is 23.1 Å². The van der Waals surface area contributed by atoms with E-state index in [4.69, 9.17) is 5.73 Å². The molecule has 1 aromatic rings. The monoisotopic (exact) mass is 196 g/mol. The fraction of sp³-hybridized carbons (Fsp3) is 0.400. The van der Waals surface area contributed by atoms with Gasteiger partial charge in [0.25, 0.3) is 0 Å².